The molecule has 0 unspecified atom stereocenters. The molecule has 0 bridgehead atoms. The standard InChI is InChI=1S/C12H16N2O/c1-2-14-7-10(8-15)11-5-9(6-13)3-4-12(11)14/h3-5,7,15H,2,6,8,13H2,1H3. The molecule has 3 heteroatoms. The highest BCUT2D eigenvalue weighted by Crippen LogP contribution is 2.22. The van der Waals surface area contributed by atoms with E-state index >= 15 is 0 Å². The molecule has 0 aliphatic rings. The number of aryl methyl sites for hydroxylation is 1. The second kappa shape index (κ2) is 4.04. The second-order valence-electron chi connectivity index (χ2n) is 3.65. The van der Waals surface area contributed by atoms with Crippen molar-refractivity contribution >= 4 is 10.9 Å². The van der Waals surface area contributed by atoms with Crippen LogP contribution in [0.2, 0.25) is 0 Å². The summed E-state index contributed by atoms with van der Waals surface area (Å²) in [6, 6.07) is 6.17. The maximum atomic E-state index is 9.26. The first-order valence-electron chi connectivity index (χ1n) is 5.21. The topological polar surface area (TPSA) is 51.2 Å². The second-order valence-corrected chi connectivity index (χ2v) is 3.65. The van der Waals surface area contributed by atoms with Crippen molar-refractivity contribution in [3.05, 3.63) is 35.5 Å². The van der Waals surface area contributed by atoms with E-state index in [2.05, 4.69) is 23.6 Å². The fraction of sp³-hybridized carbons (Fsp3) is 0.333. The number of rotatable bonds is 3. The summed E-state index contributed by atoms with van der Waals surface area (Å²) in [4.78, 5) is 0. The van der Waals surface area contributed by atoms with Gasteiger partial charge >= 0.3 is 0 Å². The first-order chi connectivity index (χ1) is 7.30. The largest absolute Gasteiger partial charge is 0.392 e. The zero-order valence-electron chi connectivity index (χ0n) is 8.90. The number of aliphatic hydroxyl groups is 1. The summed E-state index contributed by atoms with van der Waals surface area (Å²) in [6.45, 7) is 3.63. The van der Waals surface area contributed by atoms with Crippen molar-refractivity contribution in [1.29, 1.82) is 0 Å². The molecular weight excluding hydrogens is 188 g/mol. The summed E-state index contributed by atoms with van der Waals surface area (Å²) in [5.41, 5.74) is 8.84. The number of nitrogens with two attached hydrogens (primary N) is 1. The van der Waals surface area contributed by atoms with Gasteiger partial charge in [0.25, 0.3) is 0 Å². The fourth-order valence-corrected chi connectivity index (χ4v) is 1.93. The van der Waals surface area contributed by atoms with Gasteiger partial charge in [0.15, 0.2) is 0 Å². The van der Waals surface area contributed by atoms with Gasteiger partial charge in [-0.15, -0.1) is 0 Å². The Kier molecular flexibility index (Phi) is 2.75. The predicted molar refractivity (Wildman–Crippen MR) is 61.4 cm³/mol. The molecule has 0 atom stereocenters. The molecule has 1 heterocycles. The van der Waals surface area contributed by atoms with Crippen molar-refractivity contribution in [2.75, 3.05) is 0 Å². The van der Waals surface area contributed by atoms with Gasteiger partial charge in [-0.1, -0.05) is 6.07 Å². The van der Waals surface area contributed by atoms with Crippen molar-refractivity contribution in [3.8, 4) is 0 Å². The van der Waals surface area contributed by atoms with E-state index in [9.17, 15) is 5.11 Å². The van der Waals surface area contributed by atoms with Crippen LogP contribution in [0.4, 0.5) is 0 Å². The summed E-state index contributed by atoms with van der Waals surface area (Å²) in [6.07, 6.45) is 2.00. The minimum atomic E-state index is 0.0809. The zero-order valence-corrected chi connectivity index (χ0v) is 8.90. The quantitative estimate of drug-likeness (QED) is 0.798. The van der Waals surface area contributed by atoms with E-state index in [0.29, 0.717) is 6.54 Å². The third kappa shape index (κ3) is 1.64. The summed E-state index contributed by atoms with van der Waals surface area (Å²) < 4.78 is 2.14. The average Bonchev–Trinajstić information content (AvgIpc) is 2.65. The Hall–Kier alpha value is -1.32. The number of aliphatic hydroxyl groups excluding tert-OH is 1. The molecule has 3 N–H and O–H groups in total. The van der Waals surface area contributed by atoms with E-state index in [4.69, 9.17) is 5.73 Å². The van der Waals surface area contributed by atoms with Crippen LogP contribution in [0.15, 0.2) is 24.4 Å². The Labute approximate surface area is 89.1 Å². The molecule has 2 rings (SSSR count). The first kappa shape index (κ1) is 10.2. The lowest BCUT2D eigenvalue weighted by Gasteiger charge is -2.01. The van der Waals surface area contributed by atoms with Crippen LogP contribution in [0.5, 0.6) is 0 Å². The van der Waals surface area contributed by atoms with Gasteiger partial charge in [-0.25, -0.2) is 0 Å². The van der Waals surface area contributed by atoms with Crippen LogP contribution >= 0.6 is 0 Å². The van der Waals surface area contributed by atoms with E-state index in [1.54, 1.807) is 0 Å². The van der Waals surface area contributed by atoms with Crippen LogP contribution in [0.1, 0.15) is 18.1 Å². The summed E-state index contributed by atoms with van der Waals surface area (Å²) in [7, 11) is 0. The van der Waals surface area contributed by atoms with Crippen LogP contribution < -0.4 is 5.73 Å². The minimum Gasteiger partial charge on any atom is -0.392 e. The highest BCUT2D eigenvalue weighted by atomic mass is 16.3. The lowest BCUT2D eigenvalue weighted by atomic mass is 10.1. The SMILES string of the molecule is CCn1cc(CO)c2cc(CN)ccc21. The molecule has 1 aromatic heterocycles. The molecule has 80 valence electrons. The molecule has 0 saturated carbocycles. The van der Waals surface area contributed by atoms with Crippen LogP contribution in [0.25, 0.3) is 10.9 Å². The van der Waals surface area contributed by atoms with E-state index in [1.807, 2.05) is 12.3 Å². The Morgan fingerprint density at radius 2 is 2.20 bits per heavy atom. The molecule has 0 aliphatic carbocycles. The molecule has 0 radical (unpaired) electrons. The number of aromatic nitrogens is 1. The van der Waals surface area contributed by atoms with Crippen LogP contribution in [-0.4, -0.2) is 9.67 Å². The molecular formula is C12H16N2O. The van der Waals surface area contributed by atoms with Crippen molar-refractivity contribution < 1.29 is 5.11 Å². The molecule has 3 nitrogen and oxygen atoms in total. The molecule has 0 saturated heterocycles. The first-order valence-corrected chi connectivity index (χ1v) is 5.21. The Balaban J connectivity index is 2.68. The highest BCUT2D eigenvalue weighted by molar-refractivity contribution is 5.84. The number of hydrogen-bond donors (Lipinski definition) is 2. The van der Waals surface area contributed by atoms with Gasteiger partial charge in [-0.05, 0) is 24.6 Å². The molecule has 1 aromatic carbocycles. The molecule has 0 fully saturated rings. The predicted octanol–water partition coefficient (Wildman–Crippen LogP) is 1.61. The lowest BCUT2D eigenvalue weighted by Crippen LogP contribution is -1.96. The molecule has 0 spiro atoms. The van der Waals surface area contributed by atoms with E-state index in [-0.39, 0.29) is 6.61 Å². The Bertz CT molecular complexity index is 474. The monoisotopic (exact) mass is 204 g/mol. The molecule has 2 aromatic rings. The summed E-state index contributed by atoms with van der Waals surface area (Å²) in [5.74, 6) is 0. The van der Waals surface area contributed by atoms with Crippen molar-refractivity contribution in [2.45, 2.75) is 26.6 Å². The smallest absolute Gasteiger partial charge is 0.0702 e. The van der Waals surface area contributed by atoms with Crippen LogP contribution in [-0.2, 0) is 19.7 Å². The van der Waals surface area contributed by atoms with Crippen LogP contribution in [0, 0.1) is 0 Å². The Morgan fingerprint density at radius 3 is 2.80 bits per heavy atom. The third-order valence-electron chi connectivity index (χ3n) is 2.77. The van der Waals surface area contributed by atoms with Gasteiger partial charge in [0.1, 0.15) is 0 Å². The van der Waals surface area contributed by atoms with Gasteiger partial charge in [-0.3, -0.25) is 0 Å². The average molecular weight is 204 g/mol. The van der Waals surface area contributed by atoms with E-state index < -0.39 is 0 Å². The summed E-state index contributed by atoms with van der Waals surface area (Å²) >= 11 is 0. The maximum Gasteiger partial charge on any atom is 0.0702 e. The van der Waals surface area contributed by atoms with Crippen LogP contribution in [0.3, 0.4) is 0 Å². The molecule has 0 amide bonds. The van der Waals surface area contributed by atoms with Gasteiger partial charge in [0.05, 0.1) is 6.61 Å². The van der Waals surface area contributed by atoms with Crippen molar-refractivity contribution in [2.24, 2.45) is 5.73 Å². The lowest BCUT2D eigenvalue weighted by molar-refractivity contribution is 0.283. The van der Waals surface area contributed by atoms with Gasteiger partial charge in [0, 0.05) is 35.8 Å². The highest BCUT2D eigenvalue weighted by Gasteiger charge is 2.06. The number of nitrogens with zero attached hydrogens (tertiary/aromatic N) is 1. The van der Waals surface area contributed by atoms with Gasteiger partial charge < -0.3 is 15.4 Å². The number of fused-ring (bicyclic) bond motifs is 1. The molecule has 15 heavy (non-hydrogen) atoms. The summed E-state index contributed by atoms with van der Waals surface area (Å²) in [5, 5.41) is 10.4. The minimum absolute atomic E-state index is 0.0809. The number of hydrogen-bond acceptors (Lipinski definition) is 2. The zero-order chi connectivity index (χ0) is 10.8. The fourth-order valence-electron chi connectivity index (χ4n) is 1.93. The van der Waals surface area contributed by atoms with Crippen molar-refractivity contribution in [3.63, 3.8) is 0 Å². The van der Waals surface area contributed by atoms with Gasteiger partial charge in [-0.2, -0.15) is 0 Å². The Morgan fingerprint density at radius 1 is 1.40 bits per heavy atom. The van der Waals surface area contributed by atoms with E-state index in [1.165, 1.54) is 5.52 Å². The molecule has 0 aliphatic heterocycles. The van der Waals surface area contributed by atoms with E-state index in [0.717, 1.165) is 23.1 Å². The van der Waals surface area contributed by atoms with Crippen molar-refractivity contribution in [1.82, 2.24) is 4.57 Å². The third-order valence-corrected chi connectivity index (χ3v) is 2.77. The normalized spacial score (nSPS) is 11.1. The maximum absolute atomic E-state index is 9.26. The number of benzene rings is 1. The van der Waals surface area contributed by atoms with Gasteiger partial charge in [0.2, 0.25) is 0 Å².